The number of benzene rings is 1. The van der Waals surface area contributed by atoms with E-state index in [1.54, 1.807) is 18.6 Å². The van der Waals surface area contributed by atoms with Crippen molar-refractivity contribution in [3.05, 3.63) is 65.8 Å². The molecule has 0 saturated heterocycles. The highest BCUT2D eigenvalue weighted by atomic mass is 16.5. The summed E-state index contributed by atoms with van der Waals surface area (Å²) in [5, 5.41) is 12.1. The van der Waals surface area contributed by atoms with Gasteiger partial charge in [0.05, 0.1) is 6.33 Å². The van der Waals surface area contributed by atoms with Crippen LogP contribution in [-0.2, 0) is 11.3 Å². The van der Waals surface area contributed by atoms with Gasteiger partial charge in [-0.1, -0.05) is 18.2 Å². The van der Waals surface area contributed by atoms with E-state index in [-0.39, 0.29) is 17.6 Å². The lowest BCUT2D eigenvalue weighted by molar-refractivity contribution is -0.117. The van der Waals surface area contributed by atoms with E-state index < -0.39 is 0 Å². The molecule has 1 aliphatic heterocycles. The van der Waals surface area contributed by atoms with Crippen molar-refractivity contribution >= 4 is 12.0 Å². The van der Waals surface area contributed by atoms with Gasteiger partial charge in [0.1, 0.15) is 23.5 Å². The summed E-state index contributed by atoms with van der Waals surface area (Å²) in [6, 6.07) is 9.67. The molecule has 1 atom stereocenters. The number of carbonyl (C=O) groups is 1. The van der Waals surface area contributed by atoms with E-state index in [1.165, 1.54) is 0 Å². The van der Waals surface area contributed by atoms with Gasteiger partial charge in [-0.2, -0.15) is 5.26 Å². The number of para-hydroxylation sites is 1. The van der Waals surface area contributed by atoms with E-state index in [0.29, 0.717) is 6.54 Å². The zero-order chi connectivity index (χ0) is 18.4. The second-order valence-corrected chi connectivity index (χ2v) is 6.02. The van der Waals surface area contributed by atoms with E-state index >= 15 is 0 Å². The van der Waals surface area contributed by atoms with Crippen molar-refractivity contribution in [2.24, 2.45) is 0 Å². The molecule has 6 nitrogen and oxygen atoms in total. The number of nitriles is 1. The third kappa shape index (κ3) is 4.19. The van der Waals surface area contributed by atoms with Gasteiger partial charge in [0.25, 0.3) is 5.91 Å². The molecule has 0 saturated carbocycles. The minimum atomic E-state index is -0.370. The van der Waals surface area contributed by atoms with Crippen LogP contribution in [0.4, 0.5) is 0 Å². The van der Waals surface area contributed by atoms with Crippen LogP contribution in [0.1, 0.15) is 18.9 Å². The van der Waals surface area contributed by atoms with Crippen molar-refractivity contribution in [3.63, 3.8) is 0 Å². The minimum absolute atomic E-state index is 0.0775. The minimum Gasteiger partial charge on any atom is -0.485 e. The Morgan fingerprint density at radius 2 is 2.31 bits per heavy atom. The first-order chi connectivity index (χ1) is 12.7. The molecule has 1 aliphatic rings. The van der Waals surface area contributed by atoms with Crippen LogP contribution in [0.25, 0.3) is 6.08 Å². The van der Waals surface area contributed by atoms with Gasteiger partial charge in [0.15, 0.2) is 0 Å². The zero-order valence-electron chi connectivity index (χ0n) is 14.6. The average molecular weight is 348 g/mol. The molecular weight excluding hydrogens is 328 g/mol. The smallest absolute Gasteiger partial charge is 0.261 e. The predicted octanol–water partition coefficient (Wildman–Crippen LogP) is 2.70. The molecule has 6 heteroatoms. The molecule has 0 aliphatic carbocycles. The molecule has 1 aromatic carbocycles. The fraction of sp³-hybridized carbons (Fsp3) is 0.250. The van der Waals surface area contributed by atoms with E-state index in [2.05, 4.69) is 10.3 Å². The topological polar surface area (TPSA) is 79.9 Å². The third-order valence-electron chi connectivity index (χ3n) is 4.13. The second kappa shape index (κ2) is 8.17. The molecule has 0 radical (unpaired) electrons. The monoisotopic (exact) mass is 348 g/mol. The van der Waals surface area contributed by atoms with Crippen LogP contribution in [0.5, 0.6) is 5.75 Å². The highest BCUT2D eigenvalue weighted by molar-refractivity contribution is 5.98. The Bertz CT molecular complexity index is 875. The normalized spacial score (nSPS) is 16.1. The first-order valence-electron chi connectivity index (χ1n) is 8.50. The maximum absolute atomic E-state index is 12.3. The number of amides is 1. The maximum atomic E-state index is 12.3. The third-order valence-corrected chi connectivity index (χ3v) is 4.13. The SMILES string of the molecule is CC1Oc2ccccc2C=C1/C=C(/C#N)C(=O)NCCCn1ccnc1. The van der Waals surface area contributed by atoms with Crippen molar-refractivity contribution in [2.75, 3.05) is 6.54 Å². The van der Waals surface area contributed by atoms with Gasteiger partial charge in [0.2, 0.25) is 0 Å². The van der Waals surface area contributed by atoms with Crippen LogP contribution in [0.2, 0.25) is 0 Å². The highest BCUT2D eigenvalue weighted by Gasteiger charge is 2.19. The Hall–Kier alpha value is -3.33. The highest BCUT2D eigenvalue weighted by Crippen LogP contribution is 2.30. The largest absolute Gasteiger partial charge is 0.485 e. The first kappa shape index (κ1) is 17.5. The summed E-state index contributed by atoms with van der Waals surface area (Å²) >= 11 is 0. The summed E-state index contributed by atoms with van der Waals surface area (Å²) in [7, 11) is 0. The molecule has 3 rings (SSSR count). The molecule has 0 fully saturated rings. The quantitative estimate of drug-likeness (QED) is 0.494. The summed E-state index contributed by atoms with van der Waals surface area (Å²) in [5.74, 6) is 0.435. The van der Waals surface area contributed by atoms with Gasteiger partial charge in [-0.3, -0.25) is 4.79 Å². The van der Waals surface area contributed by atoms with Crippen LogP contribution in [0.3, 0.4) is 0 Å². The predicted molar refractivity (Wildman–Crippen MR) is 98.1 cm³/mol. The number of hydrogen-bond acceptors (Lipinski definition) is 4. The van der Waals surface area contributed by atoms with E-state index in [9.17, 15) is 10.1 Å². The number of hydrogen-bond donors (Lipinski definition) is 1. The summed E-state index contributed by atoms with van der Waals surface area (Å²) in [6.45, 7) is 3.15. The molecule has 1 amide bonds. The van der Waals surface area contributed by atoms with E-state index in [0.717, 1.165) is 29.9 Å². The van der Waals surface area contributed by atoms with Gasteiger partial charge < -0.3 is 14.6 Å². The fourth-order valence-electron chi connectivity index (χ4n) is 2.71. The van der Waals surface area contributed by atoms with Crippen molar-refractivity contribution in [1.82, 2.24) is 14.9 Å². The van der Waals surface area contributed by atoms with Crippen molar-refractivity contribution < 1.29 is 9.53 Å². The van der Waals surface area contributed by atoms with Gasteiger partial charge >= 0.3 is 0 Å². The summed E-state index contributed by atoms with van der Waals surface area (Å²) in [4.78, 5) is 16.2. The summed E-state index contributed by atoms with van der Waals surface area (Å²) in [5.41, 5.74) is 1.82. The lowest BCUT2D eigenvalue weighted by Crippen LogP contribution is -2.27. The Labute approximate surface area is 152 Å². The van der Waals surface area contributed by atoms with Crippen molar-refractivity contribution in [2.45, 2.75) is 26.0 Å². The van der Waals surface area contributed by atoms with Crippen LogP contribution in [-0.4, -0.2) is 28.1 Å². The molecule has 26 heavy (non-hydrogen) atoms. The Morgan fingerprint density at radius 3 is 3.08 bits per heavy atom. The Balaban J connectivity index is 1.63. The number of ether oxygens (including phenoxy) is 1. The Kier molecular flexibility index (Phi) is 5.49. The summed E-state index contributed by atoms with van der Waals surface area (Å²) < 4.78 is 7.79. The molecule has 2 heterocycles. The molecule has 0 spiro atoms. The van der Waals surface area contributed by atoms with Crippen LogP contribution in [0.15, 0.2) is 60.2 Å². The van der Waals surface area contributed by atoms with E-state index in [1.807, 2.05) is 54.1 Å². The fourth-order valence-corrected chi connectivity index (χ4v) is 2.71. The number of nitrogens with one attached hydrogen (secondary N) is 1. The number of carbonyl (C=O) groups excluding carboxylic acids is 1. The van der Waals surface area contributed by atoms with Crippen molar-refractivity contribution in [3.8, 4) is 11.8 Å². The van der Waals surface area contributed by atoms with Crippen LogP contribution in [0, 0.1) is 11.3 Å². The zero-order valence-corrected chi connectivity index (χ0v) is 14.6. The molecule has 1 N–H and O–H groups in total. The standard InChI is InChI=1S/C20H20N4O2/c1-15-17(11-16-5-2-3-6-19(16)26-15)12-18(13-21)20(25)23-7-4-9-24-10-8-22-14-24/h2-3,5-6,8,10-12,14-15H,4,7,9H2,1H3,(H,23,25)/b18-12-. The number of imidazole rings is 1. The second-order valence-electron chi connectivity index (χ2n) is 6.02. The van der Waals surface area contributed by atoms with Crippen LogP contribution >= 0.6 is 0 Å². The van der Waals surface area contributed by atoms with Crippen molar-refractivity contribution in [1.29, 1.82) is 5.26 Å². The number of aryl methyl sites for hydroxylation is 1. The average Bonchev–Trinajstić information content (AvgIpc) is 3.16. The number of nitrogens with zero attached hydrogens (tertiary/aromatic N) is 3. The molecule has 1 unspecified atom stereocenters. The molecular formula is C20H20N4O2. The summed E-state index contributed by atoms with van der Waals surface area (Å²) in [6.07, 6.45) is 9.42. The maximum Gasteiger partial charge on any atom is 0.261 e. The molecule has 0 bridgehead atoms. The van der Waals surface area contributed by atoms with Crippen LogP contribution < -0.4 is 10.1 Å². The van der Waals surface area contributed by atoms with Gasteiger partial charge in [-0.25, -0.2) is 4.98 Å². The number of aromatic nitrogens is 2. The lowest BCUT2D eigenvalue weighted by Gasteiger charge is -2.23. The van der Waals surface area contributed by atoms with E-state index in [4.69, 9.17) is 4.74 Å². The van der Waals surface area contributed by atoms with Gasteiger partial charge in [0, 0.05) is 31.0 Å². The van der Waals surface area contributed by atoms with Gasteiger partial charge in [-0.05, 0) is 37.1 Å². The number of rotatable bonds is 6. The molecule has 1 aromatic heterocycles. The molecule has 132 valence electrons. The first-order valence-corrected chi connectivity index (χ1v) is 8.50. The number of fused-ring (bicyclic) bond motifs is 1. The van der Waals surface area contributed by atoms with Gasteiger partial charge in [-0.15, -0.1) is 0 Å². The lowest BCUT2D eigenvalue weighted by atomic mass is 10.0. The Morgan fingerprint density at radius 1 is 1.46 bits per heavy atom. The molecule has 2 aromatic rings.